The predicted molar refractivity (Wildman–Crippen MR) is 96.0 cm³/mol. The molecule has 1 aromatic heterocycles. The summed E-state index contributed by atoms with van der Waals surface area (Å²) >= 11 is 6.08. The van der Waals surface area contributed by atoms with Crippen LogP contribution >= 0.6 is 11.6 Å². The van der Waals surface area contributed by atoms with Crippen molar-refractivity contribution in [2.75, 3.05) is 6.26 Å². The highest BCUT2D eigenvalue weighted by Crippen LogP contribution is 2.38. The van der Waals surface area contributed by atoms with Crippen LogP contribution in [-0.4, -0.2) is 24.6 Å². The summed E-state index contributed by atoms with van der Waals surface area (Å²) in [6.45, 7) is 0. The van der Waals surface area contributed by atoms with Crippen LogP contribution in [0, 0.1) is 0 Å². The molecule has 3 rings (SSSR count). The van der Waals surface area contributed by atoms with E-state index in [9.17, 15) is 21.6 Å². The Morgan fingerprint density at radius 2 is 1.48 bits per heavy atom. The van der Waals surface area contributed by atoms with Crippen molar-refractivity contribution in [1.29, 1.82) is 0 Å². The zero-order valence-corrected chi connectivity index (χ0v) is 15.4. The van der Waals surface area contributed by atoms with Gasteiger partial charge in [-0.15, -0.1) is 0 Å². The fourth-order valence-electron chi connectivity index (χ4n) is 2.49. The van der Waals surface area contributed by atoms with E-state index in [4.69, 9.17) is 11.6 Å². The second-order valence-electron chi connectivity index (χ2n) is 5.72. The lowest BCUT2D eigenvalue weighted by atomic mass is 10.0. The Kier molecular flexibility index (Phi) is 4.96. The van der Waals surface area contributed by atoms with Gasteiger partial charge in [-0.05, 0) is 17.7 Å². The first-order valence-corrected chi connectivity index (χ1v) is 9.85. The van der Waals surface area contributed by atoms with Crippen molar-refractivity contribution < 1.29 is 21.6 Å². The molecule has 0 aliphatic carbocycles. The monoisotopic (exact) mass is 412 g/mol. The highest BCUT2D eigenvalue weighted by atomic mass is 35.5. The SMILES string of the molecule is CS(=O)(=O)c1ccc(-c2nc(C(F)(F)F)nc(Cl)c2-c2ccccc2)cc1. The van der Waals surface area contributed by atoms with Crippen LogP contribution in [0.4, 0.5) is 13.2 Å². The maximum absolute atomic E-state index is 13.2. The number of aromatic nitrogens is 2. The van der Waals surface area contributed by atoms with Gasteiger partial charge in [0.15, 0.2) is 9.84 Å². The van der Waals surface area contributed by atoms with E-state index in [-0.39, 0.29) is 26.9 Å². The Labute approximate surface area is 158 Å². The van der Waals surface area contributed by atoms with E-state index in [1.54, 1.807) is 30.3 Å². The van der Waals surface area contributed by atoms with Crippen LogP contribution in [0.15, 0.2) is 59.5 Å². The molecule has 0 unspecified atom stereocenters. The molecule has 0 amide bonds. The van der Waals surface area contributed by atoms with E-state index in [1.165, 1.54) is 24.3 Å². The van der Waals surface area contributed by atoms with Crippen molar-refractivity contribution in [3.63, 3.8) is 0 Å². The maximum Gasteiger partial charge on any atom is 0.451 e. The number of hydrogen-bond acceptors (Lipinski definition) is 4. The molecule has 0 atom stereocenters. The van der Waals surface area contributed by atoms with Gasteiger partial charge in [-0.1, -0.05) is 54.1 Å². The van der Waals surface area contributed by atoms with Crippen molar-refractivity contribution in [2.24, 2.45) is 0 Å². The van der Waals surface area contributed by atoms with Gasteiger partial charge in [-0.25, -0.2) is 18.4 Å². The molecule has 140 valence electrons. The van der Waals surface area contributed by atoms with E-state index in [0.29, 0.717) is 5.56 Å². The van der Waals surface area contributed by atoms with Gasteiger partial charge in [-0.3, -0.25) is 0 Å². The smallest absolute Gasteiger partial charge is 0.224 e. The Morgan fingerprint density at radius 3 is 2.00 bits per heavy atom. The lowest BCUT2D eigenvalue weighted by Gasteiger charge is -2.14. The molecule has 3 aromatic rings. The second kappa shape index (κ2) is 6.94. The largest absolute Gasteiger partial charge is 0.451 e. The van der Waals surface area contributed by atoms with Gasteiger partial charge in [0.2, 0.25) is 5.82 Å². The molecule has 0 saturated carbocycles. The molecule has 0 aliphatic heterocycles. The van der Waals surface area contributed by atoms with Gasteiger partial charge in [-0.2, -0.15) is 13.2 Å². The Balaban J connectivity index is 2.27. The summed E-state index contributed by atoms with van der Waals surface area (Å²) in [6.07, 6.45) is -3.74. The van der Waals surface area contributed by atoms with Crippen molar-refractivity contribution in [3.8, 4) is 22.4 Å². The summed E-state index contributed by atoms with van der Waals surface area (Å²) in [5, 5.41) is -0.342. The molecule has 0 N–H and O–H groups in total. The first kappa shape index (κ1) is 19.3. The summed E-state index contributed by atoms with van der Waals surface area (Å²) in [7, 11) is -3.44. The minimum Gasteiger partial charge on any atom is -0.224 e. The molecule has 0 aliphatic rings. The summed E-state index contributed by atoms with van der Waals surface area (Å²) in [5.74, 6) is -1.37. The van der Waals surface area contributed by atoms with E-state index in [0.717, 1.165) is 6.26 Å². The average molecular weight is 413 g/mol. The van der Waals surface area contributed by atoms with Crippen LogP contribution in [0.5, 0.6) is 0 Å². The molecule has 2 aromatic carbocycles. The normalized spacial score (nSPS) is 12.2. The van der Waals surface area contributed by atoms with Crippen molar-refractivity contribution in [3.05, 3.63) is 65.6 Å². The lowest BCUT2D eigenvalue weighted by molar-refractivity contribution is -0.144. The van der Waals surface area contributed by atoms with Gasteiger partial charge in [0.05, 0.1) is 10.6 Å². The number of alkyl halides is 3. The molecule has 0 spiro atoms. The zero-order chi connectivity index (χ0) is 19.8. The van der Waals surface area contributed by atoms with Gasteiger partial charge in [0.25, 0.3) is 0 Å². The van der Waals surface area contributed by atoms with E-state index in [2.05, 4.69) is 9.97 Å². The second-order valence-corrected chi connectivity index (χ2v) is 8.10. The molecule has 1 heterocycles. The van der Waals surface area contributed by atoms with Gasteiger partial charge < -0.3 is 0 Å². The highest BCUT2D eigenvalue weighted by molar-refractivity contribution is 7.90. The molecule has 27 heavy (non-hydrogen) atoms. The predicted octanol–water partition coefficient (Wildman–Crippen LogP) is 4.89. The molecule has 0 radical (unpaired) electrons. The van der Waals surface area contributed by atoms with E-state index >= 15 is 0 Å². The van der Waals surface area contributed by atoms with Crippen LogP contribution in [0.2, 0.25) is 5.15 Å². The number of sulfone groups is 1. The topological polar surface area (TPSA) is 59.9 Å². The summed E-state index contributed by atoms with van der Waals surface area (Å²) in [4.78, 5) is 7.12. The zero-order valence-electron chi connectivity index (χ0n) is 13.8. The molecule has 4 nitrogen and oxygen atoms in total. The standard InChI is InChI=1S/C18H12ClF3N2O2S/c1-27(25,26)13-9-7-12(8-10-13)15-14(11-5-3-2-4-6-11)16(19)24-17(23-15)18(20,21)22/h2-10H,1H3. The molecular weight excluding hydrogens is 401 g/mol. The molecule has 0 fully saturated rings. The fourth-order valence-corrected chi connectivity index (χ4v) is 3.40. The minimum absolute atomic E-state index is 0.0337. The molecule has 0 bridgehead atoms. The van der Waals surface area contributed by atoms with Crippen molar-refractivity contribution >= 4 is 21.4 Å². The third-order valence-corrected chi connectivity index (χ3v) is 5.14. The maximum atomic E-state index is 13.2. The molecular formula is C18H12ClF3N2O2S. The summed E-state index contributed by atoms with van der Waals surface area (Å²) < 4.78 is 62.7. The van der Waals surface area contributed by atoms with Crippen LogP contribution in [0.3, 0.4) is 0 Å². The van der Waals surface area contributed by atoms with Crippen LogP contribution in [-0.2, 0) is 16.0 Å². The number of rotatable bonds is 3. The first-order chi connectivity index (χ1) is 12.6. The van der Waals surface area contributed by atoms with Crippen LogP contribution < -0.4 is 0 Å². The number of benzene rings is 2. The lowest BCUT2D eigenvalue weighted by Crippen LogP contribution is -2.12. The van der Waals surface area contributed by atoms with Crippen LogP contribution in [0.1, 0.15) is 5.82 Å². The Hall–Kier alpha value is -2.45. The summed E-state index contributed by atoms with van der Waals surface area (Å²) in [5.41, 5.74) is 1.03. The fraction of sp³-hybridized carbons (Fsp3) is 0.111. The Bertz CT molecular complexity index is 1080. The first-order valence-electron chi connectivity index (χ1n) is 7.58. The summed E-state index contributed by atoms with van der Waals surface area (Å²) in [6, 6.07) is 13.9. The number of nitrogens with zero attached hydrogens (tertiary/aromatic N) is 2. The molecule has 9 heteroatoms. The van der Waals surface area contributed by atoms with Gasteiger partial charge in [0.1, 0.15) is 5.15 Å². The third kappa shape index (κ3) is 4.12. The van der Waals surface area contributed by atoms with Gasteiger partial charge in [0, 0.05) is 17.4 Å². The number of hydrogen-bond donors (Lipinski definition) is 0. The van der Waals surface area contributed by atoms with Gasteiger partial charge >= 0.3 is 6.18 Å². The minimum atomic E-state index is -4.78. The quantitative estimate of drug-likeness (QED) is 0.575. The molecule has 0 saturated heterocycles. The number of halogens is 4. The van der Waals surface area contributed by atoms with E-state index < -0.39 is 21.8 Å². The third-order valence-electron chi connectivity index (χ3n) is 3.74. The Morgan fingerprint density at radius 1 is 0.889 bits per heavy atom. The average Bonchev–Trinajstić information content (AvgIpc) is 2.60. The highest BCUT2D eigenvalue weighted by Gasteiger charge is 2.36. The van der Waals surface area contributed by atoms with Crippen LogP contribution in [0.25, 0.3) is 22.4 Å². The van der Waals surface area contributed by atoms with Crippen molar-refractivity contribution in [1.82, 2.24) is 9.97 Å². The van der Waals surface area contributed by atoms with E-state index in [1.807, 2.05) is 0 Å². The van der Waals surface area contributed by atoms with Crippen molar-refractivity contribution in [2.45, 2.75) is 11.1 Å².